The summed E-state index contributed by atoms with van der Waals surface area (Å²) in [5.41, 5.74) is 3.73. The van der Waals surface area contributed by atoms with Crippen molar-refractivity contribution in [2.45, 2.75) is 39.8 Å². The quantitative estimate of drug-likeness (QED) is 0.600. The number of likely N-dealkylation sites (tertiary alicyclic amines) is 1. The molecule has 0 aromatic heterocycles. The second kappa shape index (κ2) is 12.8. The molecule has 0 atom stereocenters. The van der Waals surface area contributed by atoms with Gasteiger partial charge < -0.3 is 19.9 Å². The van der Waals surface area contributed by atoms with Crippen LogP contribution < -0.4 is 10.2 Å². The summed E-state index contributed by atoms with van der Waals surface area (Å²) in [4.78, 5) is 31.7. The van der Waals surface area contributed by atoms with Crippen molar-refractivity contribution in [1.82, 2.24) is 15.1 Å². The molecule has 0 aliphatic carbocycles. The van der Waals surface area contributed by atoms with Crippen LogP contribution in [0, 0.1) is 11.8 Å². The highest BCUT2D eigenvalue weighted by Gasteiger charge is 2.28. The van der Waals surface area contributed by atoms with E-state index in [9.17, 15) is 9.59 Å². The number of carbonyl (C=O) groups is 2. The minimum Gasteiger partial charge on any atom is -0.449 e. The van der Waals surface area contributed by atoms with Crippen LogP contribution in [0.25, 0.3) is 0 Å². The average molecular weight is 493 g/mol. The highest BCUT2D eigenvalue weighted by Crippen LogP contribution is 2.20. The molecule has 36 heavy (non-hydrogen) atoms. The zero-order valence-electron chi connectivity index (χ0n) is 21.7. The van der Waals surface area contributed by atoms with Gasteiger partial charge in [0, 0.05) is 64.0 Å². The second-order valence-electron chi connectivity index (χ2n) is 10.3. The van der Waals surface area contributed by atoms with Crippen molar-refractivity contribution in [3.8, 4) is 0 Å². The van der Waals surface area contributed by atoms with Gasteiger partial charge in [-0.25, -0.2) is 4.79 Å². The molecule has 2 fully saturated rings. The molecule has 2 aromatic carbocycles. The van der Waals surface area contributed by atoms with Gasteiger partial charge in [0.15, 0.2) is 0 Å². The Kier molecular flexibility index (Phi) is 9.23. The fourth-order valence-corrected chi connectivity index (χ4v) is 4.91. The minimum atomic E-state index is -0.263. The van der Waals surface area contributed by atoms with Crippen LogP contribution in [0.5, 0.6) is 0 Å². The van der Waals surface area contributed by atoms with Gasteiger partial charge in [-0.3, -0.25) is 9.69 Å². The molecule has 2 heterocycles. The Morgan fingerprint density at radius 3 is 2.19 bits per heavy atom. The van der Waals surface area contributed by atoms with Gasteiger partial charge >= 0.3 is 6.09 Å². The van der Waals surface area contributed by atoms with E-state index in [1.165, 1.54) is 16.8 Å². The van der Waals surface area contributed by atoms with E-state index in [0.29, 0.717) is 45.0 Å². The maximum absolute atomic E-state index is 12.9. The lowest BCUT2D eigenvalue weighted by atomic mass is 9.96. The third-order valence-electron chi connectivity index (χ3n) is 7.12. The van der Waals surface area contributed by atoms with Crippen molar-refractivity contribution in [2.24, 2.45) is 11.8 Å². The lowest BCUT2D eigenvalue weighted by molar-refractivity contribution is -0.126. The maximum atomic E-state index is 12.9. The SMILES string of the molecule is CC(C)COC(=O)N1CCC(C(=O)NCc2ccccc2CN2CCN(c3ccccc3)CC2)CC1. The Bertz CT molecular complexity index is 981. The van der Waals surface area contributed by atoms with Gasteiger partial charge in [0.25, 0.3) is 0 Å². The van der Waals surface area contributed by atoms with Crippen molar-refractivity contribution >= 4 is 17.7 Å². The Morgan fingerprint density at radius 1 is 0.889 bits per heavy atom. The van der Waals surface area contributed by atoms with E-state index in [1.807, 2.05) is 19.9 Å². The topological polar surface area (TPSA) is 65.1 Å². The van der Waals surface area contributed by atoms with Gasteiger partial charge in [0.1, 0.15) is 0 Å². The first kappa shape index (κ1) is 26.0. The molecule has 2 amide bonds. The van der Waals surface area contributed by atoms with Crippen molar-refractivity contribution in [2.75, 3.05) is 50.8 Å². The summed E-state index contributed by atoms with van der Waals surface area (Å²) in [7, 11) is 0. The maximum Gasteiger partial charge on any atom is 0.409 e. The summed E-state index contributed by atoms with van der Waals surface area (Å²) >= 11 is 0. The van der Waals surface area contributed by atoms with Crippen LogP contribution >= 0.6 is 0 Å². The number of hydrogen-bond acceptors (Lipinski definition) is 5. The van der Waals surface area contributed by atoms with E-state index in [1.54, 1.807) is 4.90 Å². The molecule has 2 aromatic rings. The number of carbonyl (C=O) groups excluding carboxylic acids is 2. The monoisotopic (exact) mass is 492 g/mol. The number of nitrogens with zero attached hydrogens (tertiary/aromatic N) is 3. The van der Waals surface area contributed by atoms with Crippen molar-refractivity contribution in [3.63, 3.8) is 0 Å². The van der Waals surface area contributed by atoms with Gasteiger partial charge in [0.2, 0.25) is 5.91 Å². The Morgan fingerprint density at radius 2 is 1.53 bits per heavy atom. The van der Waals surface area contributed by atoms with Crippen molar-refractivity contribution < 1.29 is 14.3 Å². The Hall–Kier alpha value is -3.06. The molecule has 7 heteroatoms. The molecule has 2 saturated heterocycles. The number of rotatable bonds is 8. The van der Waals surface area contributed by atoms with Gasteiger partial charge in [-0.15, -0.1) is 0 Å². The third kappa shape index (κ3) is 7.23. The lowest BCUT2D eigenvalue weighted by Gasteiger charge is -2.36. The summed E-state index contributed by atoms with van der Waals surface area (Å²) in [6, 6.07) is 19.0. The normalized spacial score (nSPS) is 17.3. The average Bonchev–Trinajstić information content (AvgIpc) is 2.92. The first-order valence-electron chi connectivity index (χ1n) is 13.3. The van der Waals surface area contributed by atoms with Gasteiger partial charge in [-0.2, -0.15) is 0 Å². The molecule has 0 bridgehead atoms. The predicted molar refractivity (Wildman–Crippen MR) is 143 cm³/mol. The van der Waals surface area contributed by atoms with Gasteiger partial charge in [-0.1, -0.05) is 56.3 Å². The molecule has 0 radical (unpaired) electrons. The first-order valence-corrected chi connectivity index (χ1v) is 13.3. The zero-order chi connectivity index (χ0) is 25.3. The standard InChI is InChI=1S/C29H40N4O3/c1-23(2)22-36-29(35)33-14-12-24(13-15-33)28(34)30-20-25-8-6-7-9-26(25)21-31-16-18-32(19-17-31)27-10-4-3-5-11-27/h3-11,23-24H,12-22H2,1-2H3,(H,30,34). The number of anilines is 1. The van der Waals surface area contributed by atoms with E-state index in [2.05, 4.69) is 63.6 Å². The number of para-hydroxylation sites is 1. The van der Waals surface area contributed by atoms with E-state index in [0.717, 1.165) is 32.7 Å². The Balaban J connectivity index is 1.22. The fraction of sp³-hybridized carbons (Fsp3) is 0.517. The summed E-state index contributed by atoms with van der Waals surface area (Å²) in [5, 5.41) is 3.16. The first-order chi connectivity index (χ1) is 17.5. The smallest absolute Gasteiger partial charge is 0.409 e. The number of benzene rings is 2. The molecule has 2 aliphatic heterocycles. The van der Waals surface area contributed by atoms with Crippen molar-refractivity contribution in [3.05, 3.63) is 65.7 Å². The predicted octanol–water partition coefficient (Wildman–Crippen LogP) is 4.13. The molecular formula is C29H40N4O3. The number of ether oxygens (including phenoxy) is 1. The number of amides is 2. The molecular weight excluding hydrogens is 452 g/mol. The molecule has 0 unspecified atom stereocenters. The summed E-state index contributed by atoms with van der Waals surface area (Å²) in [6.45, 7) is 11.1. The minimum absolute atomic E-state index is 0.0580. The number of hydrogen-bond donors (Lipinski definition) is 1. The highest BCUT2D eigenvalue weighted by atomic mass is 16.6. The summed E-state index contributed by atoms with van der Waals surface area (Å²) in [6.07, 6.45) is 1.09. The van der Waals surface area contributed by atoms with Crippen LogP contribution in [0.15, 0.2) is 54.6 Å². The van der Waals surface area contributed by atoms with Gasteiger partial charge in [0.05, 0.1) is 6.61 Å². The lowest BCUT2D eigenvalue weighted by Crippen LogP contribution is -2.46. The molecule has 0 saturated carbocycles. The molecule has 1 N–H and O–H groups in total. The third-order valence-corrected chi connectivity index (χ3v) is 7.12. The highest BCUT2D eigenvalue weighted by molar-refractivity contribution is 5.79. The Labute approximate surface area is 215 Å². The van der Waals surface area contributed by atoms with Crippen LogP contribution in [0.4, 0.5) is 10.5 Å². The fourth-order valence-electron chi connectivity index (χ4n) is 4.91. The van der Waals surface area contributed by atoms with E-state index >= 15 is 0 Å². The molecule has 194 valence electrons. The van der Waals surface area contributed by atoms with Crippen LogP contribution in [0.2, 0.25) is 0 Å². The second-order valence-corrected chi connectivity index (χ2v) is 10.3. The van der Waals surface area contributed by atoms with E-state index < -0.39 is 0 Å². The van der Waals surface area contributed by atoms with Crippen LogP contribution in [0.1, 0.15) is 37.8 Å². The molecule has 4 rings (SSSR count). The van der Waals surface area contributed by atoms with Crippen LogP contribution in [-0.2, 0) is 22.6 Å². The van der Waals surface area contributed by atoms with E-state index in [4.69, 9.17) is 4.74 Å². The number of nitrogens with one attached hydrogen (secondary N) is 1. The van der Waals surface area contributed by atoms with E-state index in [-0.39, 0.29) is 17.9 Å². The van der Waals surface area contributed by atoms with Crippen molar-refractivity contribution in [1.29, 1.82) is 0 Å². The van der Waals surface area contributed by atoms with Crippen LogP contribution in [-0.4, -0.2) is 67.7 Å². The molecule has 2 aliphatic rings. The molecule has 7 nitrogen and oxygen atoms in total. The summed E-state index contributed by atoms with van der Waals surface area (Å²) in [5.74, 6) is 0.341. The molecule has 0 spiro atoms. The van der Waals surface area contributed by atoms with Gasteiger partial charge in [-0.05, 0) is 42.0 Å². The largest absolute Gasteiger partial charge is 0.449 e. The summed E-state index contributed by atoms with van der Waals surface area (Å²) < 4.78 is 5.33. The number of piperidine rings is 1. The number of piperazine rings is 1. The van der Waals surface area contributed by atoms with Crippen LogP contribution in [0.3, 0.4) is 0 Å². The zero-order valence-corrected chi connectivity index (χ0v) is 21.7.